The molecule has 0 bridgehead atoms. The number of nitrogens with zero attached hydrogens (tertiary/aromatic N) is 1. The molecule has 3 nitrogen and oxygen atoms in total. The maximum atomic E-state index is 12.3. The Kier molecular flexibility index (Phi) is 3.97. The lowest BCUT2D eigenvalue weighted by Gasteiger charge is -2.09. The molecule has 1 aromatic heterocycles. The number of ether oxygens (including phenoxy) is 1. The first-order chi connectivity index (χ1) is 10.8. The number of methoxy groups -OCH3 is 1. The van der Waals surface area contributed by atoms with Crippen LogP contribution in [0.15, 0.2) is 67.0 Å². The summed E-state index contributed by atoms with van der Waals surface area (Å²) in [6.07, 6.45) is 5.23. The molecule has 3 aromatic rings. The number of pyridine rings is 1. The molecule has 0 atom stereocenters. The third-order valence-electron chi connectivity index (χ3n) is 3.50. The smallest absolute Gasteiger partial charge is 0.338 e. The van der Waals surface area contributed by atoms with Crippen molar-refractivity contribution >= 4 is 28.4 Å². The fraction of sp³-hybridized carbons (Fsp3) is 0.0526. The van der Waals surface area contributed by atoms with Crippen molar-refractivity contribution in [2.75, 3.05) is 7.11 Å². The van der Waals surface area contributed by atoms with Crippen LogP contribution in [-0.4, -0.2) is 18.1 Å². The molecule has 0 N–H and O–H groups in total. The van der Waals surface area contributed by atoms with Gasteiger partial charge in [-0.2, -0.15) is 0 Å². The van der Waals surface area contributed by atoms with Crippen LogP contribution in [0.3, 0.4) is 0 Å². The van der Waals surface area contributed by atoms with Crippen LogP contribution in [0.2, 0.25) is 0 Å². The van der Waals surface area contributed by atoms with Gasteiger partial charge >= 0.3 is 5.97 Å². The summed E-state index contributed by atoms with van der Waals surface area (Å²) in [7, 11) is 1.40. The zero-order valence-corrected chi connectivity index (χ0v) is 12.2. The first kappa shape index (κ1) is 14.0. The SMILES string of the molecule is COC(=O)/C(=C\c1ccncc1)c1cccc2ccccc12. The highest BCUT2D eigenvalue weighted by Crippen LogP contribution is 2.27. The lowest BCUT2D eigenvalue weighted by atomic mass is 9.97. The van der Waals surface area contributed by atoms with Crippen molar-refractivity contribution in [3.05, 3.63) is 78.1 Å². The average Bonchev–Trinajstić information content (AvgIpc) is 2.59. The van der Waals surface area contributed by atoms with E-state index in [1.807, 2.05) is 60.7 Å². The molecule has 2 aromatic carbocycles. The van der Waals surface area contributed by atoms with Gasteiger partial charge < -0.3 is 4.74 Å². The molecule has 3 rings (SSSR count). The fourth-order valence-corrected chi connectivity index (χ4v) is 2.44. The van der Waals surface area contributed by atoms with E-state index in [2.05, 4.69) is 4.98 Å². The van der Waals surface area contributed by atoms with Crippen LogP contribution in [0.4, 0.5) is 0 Å². The zero-order valence-electron chi connectivity index (χ0n) is 12.2. The molecule has 0 radical (unpaired) electrons. The summed E-state index contributed by atoms with van der Waals surface area (Å²) in [5.41, 5.74) is 2.30. The predicted molar refractivity (Wildman–Crippen MR) is 88.1 cm³/mol. The highest BCUT2D eigenvalue weighted by atomic mass is 16.5. The topological polar surface area (TPSA) is 39.2 Å². The Balaban J connectivity index is 2.21. The second kappa shape index (κ2) is 6.22. The van der Waals surface area contributed by atoms with E-state index in [-0.39, 0.29) is 5.97 Å². The highest BCUT2D eigenvalue weighted by Gasteiger charge is 2.15. The van der Waals surface area contributed by atoms with E-state index in [0.29, 0.717) is 5.57 Å². The van der Waals surface area contributed by atoms with Gasteiger partial charge in [-0.15, -0.1) is 0 Å². The van der Waals surface area contributed by atoms with E-state index in [0.717, 1.165) is 21.9 Å². The number of rotatable bonds is 3. The fourth-order valence-electron chi connectivity index (χ4n) is 2.44. The second-order valence-electron chi connectivity index (χ2n) is 4.86. The van der Waals surface area contributed by atoms with Gasteiger partial charge in [0.25, 0.3) is 0 Å². The Hall–Kier alpha value is -2.94. The van der Waals surface area contributed by atoms with Crippen molar-refractivity contribution in [1.82, 2.24) is 4.98 Å². The van der Waals surface area contributed by atoms with Crippen molar-refractivity contribution in [2.45, 2.75) is 0 Å². The molecule has 0 amide bonds. The Morgan fingerprint density at radius 2 is 1.73 bits per heavy atom. The maximum Gasteiger partial charge on any atom is 0.338 e. The maximum absolute atomic E-state index is 12.3. The van der Waals surface area contributed by atoms with Gasteiger partial charge in [-0.1, -0.05) is 42.5 Å². The van der Waals surface area contributed by atoms with E-state index in [4.69, 9.17) is 4.74 Å². The quantitative estimate of drug-likeness (QED) is 0.541. The standard InChI is InChI=1S/C19H15NO2/c1-22-19(21)18(13-14-9-11-20-12-10-14)17-8-4-6-15-5-2-3-7-16(15)17/h2-13H,1H3/b18-13-. The molecular formula is C19H15NO2. The third-order valence-corrected chi connectivity index (χ3v) is 3.50. The van der Waals surface area contributed by atoms with Crippen molar-refractivity contribution in [1.29, 1.82) is 0 Å². The van der Waals surface area contributed by atoms with Crippen molar-refractivity contribution in [3.63, 3.8) is 0 Å². The van der Waals surface area contributed by atoms with Crippen LogP contribution in [0.25, 0.3) is 22.4 Å². The van der Waals surface area contributed by atoms with Gasteiger partial charge in [0.15, 0.2) is 0 Å². The van der Waals surface area contributed by atoms with Crippen molar-refractivity contribution < 1.29 is 9.53 Å². The molecule has 0 saturated carbocycles. The average molecular weight is 289 g/mol. The predicted octanol–water partition coefficient (Wildman–Crippen LogP) is 3.95. The third kappa shape index (κ3) is 2.74. The summed E-state index contributed by atoms with van der Waals surface area (Å²) in [5, 5.41) is 2.11. The molecule has 0 aliphatic carbocycles. The van der Waals surface area contributed by atoms with E-state index in [1.165, 1.54) is 7.11 Å². The molecule has 1 heterocycles. The van der Waals surface area contributed by atoms with Gasteiger partial charge in [0.05, 0.1) is 12.7 Å². The van der Waals surface area contributed by atoms with E-state index >= 15 is 0 Å². The van der Waals surface area contributed by atoms with E-state index < -0.39 is 0 Å². The van der Waals surface area contributed by atoms with Gasteiger partial charge in [0, 0.05) is 12.4 Å². The number of esters is 1. The minimum absolute atomic E-state index is 0.354. The second-order valence-corrected chi connectivity index (χ2v) is 4.86. The van der Waals surface area contributed by atoms with E-state index in [9.17, 15) is 4.79 Å². The molecule has 0 saturated heterocycles. The molecule has 0 spiro atoms. The van der Waals surface area contributed by atoms with Gasteiger partial charge in [-0.05, 0) is 40.1 Å². The number of carbonyl (C=O) groups is 1. The van der Waals surface area contributed by atoms with Crippen LogP contribution in [0.1, 0.15) is 11.1 Å². The highest BCUT2D eigenvalue weighted by molar-refractivity contribution is 6.24. The molecule has 0 unspecified atom stereocenters. The van der Waals surface area contributed by atoms with Crippen LogP contribution < -0.4 is 0 Å². The summed E-state index contributed by atoms with van der Waals surface area (Å²) >= 11 is 0. The lowest BCUT2D eigenvalue weighted by Crippen LogP contribution is -2.04. The van der Waals surface area contributed by atoms with Gasteiger partial charge in [0.2, 0.25) is 0 Å². The normalized spacial score (nSPS) is 11.4. The molecule has 108 valence electrons. The molecular weight excluding hydrogens is 274 g/mol. The van der Waals surface area contributed by atoms with Crippen molar-refractivity contribution in [2.24, 2.45) is 0 Å². The van der Waals surface area contributed by atoms with Crippen LogP contribution in [0.5, 0.6) is 0 Å². The van der Waals surface area contributed by atoms with Crippen LogP contribution >= 0.6 is 0 Å². The molecule has 3 heteroatoms. The summed E-state index contributed by atoms with van der Waals surface area (Å²) in [5.74, 6) is -0.354. The van der Waals surface area contributed by atoms with Crippen LogP contribution in [0, 0.1) is 0 Å². The minimum atomic E-state index is -0.354. The number of benzene rings is 2. The summed E-state index contributed by atoms with van der Waals surface area (Å²) in [6, 6.07) is 17.6. The van der Waals surface area contributed by atoms with Gasteiger partial charge in [-0.25, -0.2) is 4.79 Å². The summed E-state index contributed by atoms with van der Waals surface area (Å²) < 4.78 is 4.97. The summed E-state index contributed by atoms with van der Waals surface area (Å²) in [4.78, 5) is 16.2. The molecule has 0 aliphatic heterocycles. The summed E-state index contributed by atoms with van der Waals surface area (Å²) in [6.45, 7) is 0. The Morgan fingerprint density at radius 3 is 2.50 bits per heavy atom. The monoisotopic (exact) mass is 289 g/mol. The lowest BCUT2D eigenvalue weighted by molar-refractivity contribution is -0.133. The Bertz CT molecular complexity index is 833. The zero-order chi connectivity index (χ0) is 15.4. The first-order valence-corrected chi connectivity index (χ1v) is 6.98. The molecule has 0 aliphatic rings. The molecule has 0 fully saturated rings. The number of fused-ring (bicyclic) bond motifs is 1. The number of aromatic nitrogens is 1. The largest absolute Gasteiger partial charge is 0.465 e. The minimum Gasteiger partial charge on any atom is -0.465 e. The van der Waals surface area contributed by atoms with Crippen molar-refractivity contribution in [3.8, 4) is 0 Å². The van der Waals surface area contributed by atoms with Gasteiger partial charge in [0.1, 0.15) is 0 Å². The van der Waals surface area contributed by atoms with Gasteiger partial charge in [-0.3, -0.25) is 4.98 Å². The number of carbonyl (C=O) groups excluding carboxylic acids is 1. The number of hydrogen-bond donors (Lipinski definition) is 0. The Morgan fingerprint density at radius 1 is 1.00 bits per heavy atom. The van der Waals surface area contributed by atoms with Crippen LogP contribution in [-0.2, 0) is 9.53 Å². The number of hydrogen-bond acceptors (Lipinski definition) is 3. The van der Waals surface area contributed by atoms with E-state index in [1.54, 1.807) is 12.4 Å². The molecule has 22 heavy (non-hydrogen) atoms. The first-order valence-electron chi connectivity index (χ1n) is 6.98. The Labute approximate surface area is 128 Å².